The van der Waals surface area contributed by atoms with Gasteiger partial charge in [0.2, 0.25) is 0 Å². The van der Waals surface area contributed by atoms with Crippen LogP contribution in [0.5, 0.6) is 0 Å². The lowest BCUT2D eigenvalue weighted by atomic mass is 10.2. The zero-order valence-electron chi connectivity index (χ0n) is 13.8. The fraction of sp³-hybridized carbons (Fsp3) is 0.353. The molecule has 0 bridgehead atoms. The Morgan fingerprint density at radius 1 is 1.44 bits per heavy atom. The summed E-state index contributed by atoms with van der Waals surface area (Å²) < 4.78 is 10.0. The quantitative estimate of drug-likeness (QED) is 0.427. The minimum absolute atomic E-state index is 0.0885. The maximum absolute atomic E-state index is 12.4. The first-order chi connectivity index (χ1) is 12.0. The molecule has 1 saturated carbocycles. The van der Waals surface area contributed by atoms with Gasteiger partial charge in [-0.15, -0.1) is 0 Å². The second kappa shape index (κ2) is 6.28. The molecule has 6 nitrogen and oxygen atoms in total. The second-order valence-electron chi connectivity index (χ2n) is 6.21. The Morgan fingerprint density at radius 3 is 2.84 bits per heavy atom. The molecule has 0 saturated heterocycles. The summed E-state index contributed by atoms with van der Waals surface area (Å²) in [5.41, 5.74) is 3.04. The van der Waals surface area contributed by atoms with Crippen LogP contribution in [0.1, 0.15) is 40.8 Å². The number of aryl methyl sites for hydroxylation is 2. The number of benzene rings is 1. The van der Waals surface area contributed by atoms with E-state index in [-0.39, 0.29) is 6.61 Å². The van der Waals surface area contributed by atoms with Crippen molar-refractivity contribution in [3.8, 4) is 0 Å². The molecule has 0 N–H and O–H groups in total. The third-order valence-corrected chi connectivity index (χ3v) is 6.23. The molecule has 2 heterocycles. The molecule has 1 aliphatic carbocycles. The highest BCUT2D eigenvalue weighted by Gasteiger charge is 2.27. The molecule has 0 amide bonds. The van der Waals surface area contributed by atoms with Crippen LogP contribution >= 0.6 is 34.2 Å². The molecule has 3 aromatic rings. The van der Waals surface area contributed by atoms with Gasteiger partial charge in [-0.3, -0.25) is 4.68 Å². The van der Waals surface area contributed by atoms with Crippen molar-refractivity contribution < 1.29 is 9.53 Å². The smallest absolute Gasteiger partial charge is 0.338 e. The average molecular weight is 471 g/mol. The standard InChI is InChI=1S/C17H16ClIN4O2/c1-9-20-12-7-10(3-6-14(12)23(9)11-4-5-11)17(24)25-8-13-15(19)16(18)22(2)21-13/h3,6-7,11H,4-5,8H2,1-2H3. The Hall–Kier alpha value is -1.61. The summed E-state index contributed by atoms with van der Waals surface area (Å²) in [7, 11) is 1.75. The van der Waals surface area contributed by atoms with E-state index in [1.165, 1.54) is 12.8 Å². The number of esters is 1. The number of carbonyl (C=O) groups excluding carboxylic acids is 1. The zero-order chi connectivity index (χ0) is 17.7. The number of halogens is 2. The molecular formula is C17H16ClIN4O2. The molecule has 0 aliphatic heterocycles. The number of imidazole rings is 1. The number of carbonyl (C=O) groups is 1. The SMILES string of the molecule is Cc1nc2cc(C(=O)OCc3nn(C)c(Cl)c3I)ccc2n1C1CC1. The maximum atomic E-state index is 12.4. The molecule has 25 heavy (non-hydrogen) atoms. The summed E-state index contributed by atoms with van der Waals surface area (Å²) in [6.45, 7) is 2.09. The minimum atomic E-state index is -0.391. The molecule has 2 aromatic heterocycles. The number of hydrogen-bond acceptors (Lipinski definition) is 4. The van der Waals surface area contributed by atoms with Crippen LogP contribution in [0.3, 0.4) is 0 Å². The van der Waals surface area contributed by atoms with Gasteiger partial charge in [-0.1, -0.05) is 11.6 Å². The molecule has 1 fully saturated rings. The summed E-state index contributed by atoms with van der Waals surface area (Å²) in [6.07, 6.45) is 2.39. The van der Waals surface area contributed by atoms with Crippen LogP contribution in [-0.4, -0.2) is 25.3 Å². The molecule has 4 rings (SSSR count). The fourth-order valence-electron chi connectivity index (χ4n) is 2.98. The lowest BCUT2D eigenvalue weighted by Crippen LogP contribution is -2.06. The van der Waals surface area contributed by atoms with Crippen LogP contribution in [0.4, 0.5) is 0 Å². The highest BCUT2D eigenvalue weighted by molar-refractivity contribution is 14.1. The van der Waals surface area contributed by atoms with Gasteiger partial charge in [-0.05, 0) is 60.6 Å². The summed E-state index contributed by atoms with van der Waals surface area (Å²) in [5.74, 6) is 0.596. The third-order valence-electron chi connectivity index (χ3n) is 4.34. The normalized spacial score (nSPS) is 14.2. The van der Waals surface area contributed by atoms with Crippen molar-refractivity contribution in [2.24, 2.45) is 7.05 Å². The summed E-state index contributed by atoms with van der Waals surface area (Å²) in [6, 6.07) is 6.09. The van der Waals surface area contributed by atoms with Gasteiger partial charge in [-0.2, -0.15) is 5.10 Å². The van der Waals surface area contributed by atoms with Gasteiger partial charge in [0.1, 0.15) is 23.3 Å². The van der Waals surface area contributed by atoms with Crippen molar-refractivity contribution in [2.45, 2.75) is 32.4 Å². The van der Waals surface area contributed by atoms with Crippen LogP contribution < -0.4 is 0 Å². The van der Waals surface area contributed by atoms with E-state index in [0.717, 1.165) is 20.4 Å². The monoisotopic (exact) mass is 470 g/mol. The Kier molecular flexibility index (Phi) is 4.23. The molecular weight excluding hydrogens is 455 g/mol. The van der Waals surface area contributed by atoms with Gasteiger partial charge in [0.15, 0.2) is 0 Å². The summed E-state index contributed by atoms with van der Waals surface area (Å²) >= 11 is 8.18. The van der Waals surface area contributed by atoms with Gasteiger partial charge in [0, 0.05) is 13.1 Å². The van der Waals surface area contributed by atoms with Crippen molar-refractivity contribution in [1.82, 2.24) is 19.3 Å². The van der Waals surface area contributed by atoms with E-state index in [2.05, 4.69) is 37.2 Å². The van der Waals surface area contributed by atoms with Gasteiger partial charge in [-0.25, -0.2) is 9.78 Å². The molecule has 8 heteroatoms. The lowest BCUT2D eigenvalue weighted by Gasteiger charge is -2.05. The number of hydrogen-bond donors (Lipinski definition) is 0. The highest BCUT2D eigenvalue weighted by Crippen LogP contribution is 2.38. The van der Waals surface area contributed by atoms with E-state index in [0.29, 0.717) is 22.5 Å². The van der Waals surface area contributed by atoms with Crippen LogP contribution in [0.2, 0.25) is 5.15 Å². The van der Waals surface area contributed by atoms with E-state index in [9.17, 15) is 4.79 Å². The highest BCUT2D eigenvalue weighted by atomic mass is 127. The van der Waals surface area contributed by atoms with E-state index in [1.54, 1.807) is 23.9 Å². The fourth-order valence-corrected chi connectivity index (χ4v) is 3.74. The van der Waals surface area contributed by atoms with E-state index in [4.69, 9.17) is 16.3 Å². The zero-order valence-corrected chi connectivity index (χ0v) is 16.7. The van der Waals surface area contributed by atoms with Gasteiger partial charge in [0.25, 0.3) is 0 Å². The Balaban J connectivity index is 1.54. The molecule has 1 aliphatic rings. The van der Waals surface area contributed by atoms with Gasteiger partial charge < -0.3 is 9.30 Å². The van der Waals surface area contributed by atoms with E-state index >= 15 is 0 Å². The van der Waals surface area contributed by atoms with Crippen molar-refractivity contribution >= 4 is 51.2 Å². The second-order valence-corrected chi connectivity index (χ2v) is 7.65. The topological polar surface area (TPSA) is 61.9 Å². The van der Waals surface area contributed by atoms with Gasteiger partial charge in [0.05, 0.1) is 20.2 Å². The number of fused-ring (bicyclic) bond motifs is 1. The largest absolute Gasteiger partial charge is 0.455 e. The van der Waals surface area contributed by atoms with Crippen molar-refractivity contribution in [1.29, 1.82) is 0 Å². The maximum Gasteiger partial charge on any atom is 0.338 e. The number of rotatable bonds is 4. The van der Waals surface area contributed by atoms with Crippen molar-refractivity contribution in [3.05, 3.63) is 44.0 Å². The van der Waals surface area contributed by atoms with E-state index in [1.807, 2.05) is 13.0 Å². The lowest BCUT2D eigenvalue weighted by molar-refractivity contribution is 0.0466. The first kappa shape index (κ1) is 16.8. The van der Waals surface area contributed by atoms with E-state index < -0.39 is 5.97 Å². The summed E-state index contributed by atoms with van der Waals surface area (Å²) in [4.78, 5) is 17.0. The van der Waals surface area contributed by atoms with Crippen LogP contribution in [0, 0.1) is 10.5 Å². The third kappa shape index (κ3) is 3.03. The predicted molar refractivity (Wildman–Crippen MR) is 103 cm³/mol. The Morgan fingerprint density at radius 2 is 2.20 bits per heavy atom. The Bertz CT molecular complexity index is 990. The number of ether oxygens (including phenoxy) is 1. The van der Waals surface area contributed by atoms with Gasteiger partial charge >= 0.3 is 5.97 Å². The summed E-state index contributed by atoms with van der Waals surface area (Å²) in [5, 5.41) is 4.79. The number of nitrogens with zero attached hydrogens (tertiary/aromatic N) is 4. The molecule has 0 radical (unpaired) electrons. The molecule has 1 aromatic carbocycles. The number of aromatic nitrogens is 4. The average Bonchev–Trinajstić information content (AvgIpc) is 3.33. The molecule has 130 valence electrons. The molecule has 0 unspecified atom stereocenters. The van der Waals surface area contributed by atoms with Crippen LogP contribution in [0.15, 0.2) is 18.2 Å². The van der Waals surface area contributed by atoms with Crippen LogP contribution in [-0.2, 0) is 18.4 Å². The van der Waals surface area contributed by atoms with Crippen LogP contribution in [0.25, 0.3) is 11.0 Å². The molecule has 0 atom stereocenters. The minimum Gasteiger partial charge on any atom is -0.455 e. The molecule has 0 spiro atoms. The first-order valence-electron chi connectivity index (χ1n) is 7.98. The van der Waals surface area contributed by atoms with Crippen molar-refractivity contribution in [3.63, 3.8) is 0 Å². The predicted octanol–water partition coefficient (Wildman–Crippen LogP) is 4.03. The first-order valence-corrected chi connectivity index (χ1v) is 9.44. The van der Waals surface area contributed by atoms with Crippen molar-refractivity contribution in [2.75, 3.05) is 0 Å². The Labute approximate surface area is 163 Å².